The molecule has 3 nitrogen and oxygen atoms in total. The van der Waals surface area contributed by atoms with Gasteiger partial charge in [-0.25, -0.2) is 4.79 Å². The lowest BCUT2D eigenvalue weighted by Gasteiger charge is -2.13. The molecule has 1 aromatic heterocycles. The van der Waals surface area contributed by atoms with Crippen LogP contribution < -0.4 is 0 Å². The predicted octanol–water partition coefficient (Wildman–Crippen LogP) is 5.67. The number of hydrogen-bond acceptors (Lipinski definition) is 2. The van der Waals surface area contributed by atoms with E-state index in [0.717, 1.165) is 47.5 Å². The van der Waals surface area contributed by atoms with Crippen LogP contribution in [0.4, 0.5) is 0 Å². The maximum absolute atomic E-state index is 13.0. The lowest BCUT2D eigenvalue weighted by atomic mass is 10.0. The van der Waals surface area contributed by atoms with Gasteiger partial charge in [-0.1, -0.05) is 54.6 Å². The zero-order chi connectivity index (χ0) is 18.6. The van der Waals surface area contributed by atoms with Crippen molar-refractivity contribution in [2.45, 2.75) is 26.2 Å². The van der Waals surface area contributed by atoms with Crippen molar-refractivity contribution in [1.29, 1.82) is 0 Å². The van der Waals surface area contributed by atoms with E-state index in [4.69, 9.17) is 4.74 Å². The highest BCUT2D eigenvalue weighted by Gasteiger charge is 2.29. The number of carbonyl (C=O) groups is 1. The van der Waals surface area contributed by atoms with Crippen LogP contribution in [0.15, 0.2) is 66.7 Å². The Morgan fingerprint density at radius 3 is 2.44 bits per heavy atom. The summed E-state index contributed by atoms with van der Waals surface area (Å²) in [5.74, 6) is -0.238. The smallest absolute Gasteiger partial charge is 0.340 e. The molecule has 1 aliphatic carbocycles. The van der Waals surface area contributed by atoms with Gasteiger partial charge in [0, 0.05) is 11.4 Å². The van der Waals surface area contributed by atoms with Crippen LogP contribution in [-0.4, -0.2) is 17.1 Å². The van der Waals surface area contributed by atoms with E-state index in [1.54, 1.807) is 0 Å². The van der Waals surface area contributed by atoms with Crippen LogP contribution >= 0.6 is 0 Å². The van der Waals surface area contributed by atoms with Crippen LogP contribution in [0.1, 0.15) is 41.4 Å². The van der Waals surface area contributed by atoms with Crippen molar-refractivity contribution >= 4 is 12.0 Å². The van der Waals surface area contributed by atoms with E-state index in [1.165, 1.54) is 0 Å². The molecule has 3 heteroatoms. The lowest BCUT2D eigenvalue weighted by Crippen LogP contribution is -2.09. The summed E-state index contributed by atoms with van der Waals surface area (Å²) in [7, 11) is 0. The molecule has 0 radical (unpaired) electrons. The fourth-order valence-electron chi connectivity index (χ4n) is 3.80. The van der Waals surface area contributed by atoms with Crippen molar-refractivity contribution in [3.8, 4) is 16.9 Å². The summed E-state index contributed by atoms with van der Waals surface area (Å²) >= 11 is 0. The van der Waals surface area contributed by atoms with Crippen molar-refractivity contribution in [2.24, 2.45) is 0 Å². The van der Waals surface area contributed by atoms with E-state index in [9.17, 15) is 4.79 Å². The number of carbonyl (C=O) groups excluding carboxylic acids is 1. The molecule has 0 unspecified atom stereocenters. The Labute approximate surface area is 159 Å². The Hall–Kier alpha value is -3.07. The first-order chi connectivity index (χ1) is 13.3. The SMILES string of the molecule is CCOC(=O)c1c2c(n(-c3ccccc3)c1-c1ccccc1)C=CCCC2. The number of nitrogens with zero attached hydrogens (tertiary/aromatic N) is 1. The molecule has 136 valence electrons. The minimum absolute atomic E-state index is 0.238. The second-order valence-electron chi connectivity index (χ2n) is 6.64. The van der Waals surface area contributed by atoms with Crippen molar-refractivity contribution in [3.63, 3.8) is 0 Å². The number of aromatic nitrogens is 1. The standard InChI is InChI=1S/C24H23NO2/c1-2-27-24(26)22-20-16-10-5-11-17-21(20)25(19-14-8-4-9-15-19)23(22)18-12-6-3-7-13-18/h3-4,6-9,11-15,17H,2,5,10,16H2,1H3. The quantitative estimate of drug-likeness (QED) is 0.563. The first kappa shape index (κ1) is 17.3. The summed E-state index contributed by atoms with van der Waals surface area (Å²) in [6.45, 7) is 2.22. The zero-order valence-electron chi connectivity index (χ0n) is 15.5. The number of fused-ring (bicyclic) bond motifs is 1. The minimum atomic E-state index is -0.238. The Morgan fingerprint density at radius 2 is 1.74 bits per heavy atom. The van der Waals surface area contributed by atoms with Crippen LogP contribution in [-0.2, 0) is 11.2 Å². The van der Waals surface area contributed by atoms with Gasteiger partial charge in [-0.3, -0.25) is 0 Å². The third kappa shape index (κ3) is 3.21. The van der Waals surface area contributed by atoms with Gasteiger partial charge in [-0.05, 0) is 55.5 Å². The summed E-state index contributed by atoms with van der Waals surface area (Å²) in [6.07, 6.45) is 7.28. The van der Waals surface area contributed by atoms with Gasteiger partial charge in [0.25, 0.3) is 0 Å². The minimum Gasteiger partial charge on any atom is -0.462 e. The van der Waals surface area contributed by atoms with Crippen LogP contribution in [0, 0.1) is 0 Å². The lowest BCUT2D eigenvalue weighted by molar-refractivity contribution is 0.0526. The third-order valence-corrected chi connectivity index (χ3v) is 4.93. The average molecular weight is 357 g/mol. The molecule has 27 heavy (non-hydrogen) atoms. The van der Waals surface area contributed by atoms with Gasteiger partial charge in [0.15, 0.2) is 0 Å². The number of rotatable bonds is 4. The number of allylic oxidation sites excluding steroid dienone is 1. The predicted molar refractivity (Wildman–Crippen MR) is 109 cm³/mol. The first-order valence-corrected chi connectivity index (χ1v) is 9.53. The fourth-order valence-corrected chi connectivity index (χ4v) is 3.80. The fraction of sp³-hybridized carbons (Fsp3) is 0.208. The van der Waals surface area contributed by atoms with Crippen molar-refractivity contribution in [2.75, 3.05) is 6.61 Å². The van der Waals surface area contributed by atoms with Crippen molar-refractivity contribution < 1.29 is 9.53 Å². The van der Waals surface area contributed by atoms with Crippen molar-refractivity contribution in [1.82, 2.24) is 4.57 Å². The van der Waals surface area contributed by atoms with E-state index >= 15 is 0 Å². The van der Waals surface area contributed by atoms with E-state index in [2.05, 4.69) is 41.0 Å². The number of ether oxygens (including phenoxy) is 1. The second-order valence-corrected chi connectivity index (χ2v) is 6.64. The summed E-state index contributed by atoms with van der Waals surface area (Å²) in [5, 5.41) is 0. The molecule has 0 saturated carbocycles. The molecule has 1 aliphatic rings. The molecule has 0 saturated heterocycles. The van der Waals surface area contributed by atoms with Gasteiger partial charge < -0.3 is 9.30 Å². The average Bonchev–Trinajstić information content (AvgIpc) is 2.85. The Morgan fingerprint density at radius 1 is 1.04 bits per heavy atom. The second kappa shape index (κ2) is 7.67. The van der Waals surface area contributed by atoms with Gasteiger partial charge in [0.05, 0.1) is 17.9 Å². The molecular formula is C24H23NO2. The number of hydrogen-bond donors (Lipinski definition) is 0. The summed E-state index contributed by atoms with van der Waals surface area (Å²) in [6, 6.07) is 20.4. The molecule has 4 rings (SSSR count). The Balaban J connectivity index is 2.08. The monoisotopic (exact) mass is 357 g/mol. The summed E-state index contributed by atoms with van der Waals surface area (Å²) < 4.78 is 7.68. The largest absolute Gasteiger partial charge is 0.462 e. The van der Waals surface area contributed by atoms with E-state index < -0.39 is 0 Å². The summed E-state index contributed by atoms with van der Waals surface area (Å²) in [4.78, 5) is 13.0. The number of para-hydroxylation sites is 1. The topological polar surface area (TPSA) is 31.2 Å². The first-order valence-electron chi connectivity index (χ1n) is 9.53. The highest BCUT2D eigenvalue weighted by Crippen LogP contribution is 2.38. The number of benzene rings is 2. The van der Waals surface area contributed by atoms with Gasteiger partial charge in [0.1, 0.15) is 0 Å². The van der Waals surface area contributed by atoms with Crippen LogP contribution in [0.5, 0.6) is 0 Å². The zero-order valence-corrected chi connectivity index (χ0v) is 15.5. The summed E-state index contributed by atoms with van der Waals surface area (Å²) in [5.41, 5.74) is 5.86. The van der Waals surface area contributed by atoms with Crippen LogP contribution in [0.2, 0.25) is 0 Å². The Kier molecular flexibility index (Phi) is 4.93. The molecule has 0 N–H and O–H groups in total. The normalized spacial score (nSPS) is 13.1. The maximum atomic E-state index is 13.0. The molecule has 3 aromatic rings. The molecule has 0 fully saturated rings. The van der Waals surface area contributed by atoms with Crippen LogP contribution in [0.25, 0.3) is 23.0 Å². The molecule has 0 atom stereocenters. The third-order valence-electron chi connectivity index (χ3n) is 4.93. The van der Waals surface area contributed by atoms with Gasteiger partial charge in [-0.15, -0.1) is 0 Å². The van der Waals surface area contributed by atoms with Crippen LogP contribution in [0.3, 0.4) is 0 Å². The van der Waals surface area contributed by atoms with Gasteiger partial charge >= 0.3 is 5.97 Å². The molecule has 0 bridgehead atoms. The highest BCUT2D eigenvalue weighted by atomic mass is 16.5. The highest BCUT2D eigenvalue weighted by molar-refractivity contribution is 6.00. The van der Waals surface area contributed by atoms with E-state index in [1.807, 2.05) is 43.3 Å². The van der Waals surface area contributed by atoms with Gasteiger partial charge in [-0.2, -0.15) is 0 Å². The Bertz CT molecular complexity index is 969. The van der Waals surface area contributed by atoms with E-state index in [0.29, 0.717) is 12.2 Å². The molecule has 1 heterocycles. The number of esters is 1. The molecule has 0 aliphatic heterocycles. The van der Waals surface area contributed by atoms with Crippen molar-refractivity contribution in [3.05, 3.63) is 83.6 Å². The maximum Gasteiger partial charge on any atom is 0.340 e. The molecular weight excluding hydrogens is 334 g/mol. The molecule has 2 aromatic carbocycles. The van der Waals surface area contributed by atoms with E-state index in [-0.39, 0.29) is 5.97 Å². The van der Waals surface area contributed by atoms with Gasteiger partial charge in [0.2, 0.25) is 0 Å². The molecule has 0 spiro atoms. The molecule has 0 amide bonds.